The number of amides is 4. The summed E-state index contributed by atoms with van der Waals surface area (Å²) in [5.41, 5.74) is 17.0. The standard InChI is InChI=1S/2CH4N2O.H6O6Te/c2*2-1(3)4;1-7(2,3,4,5)6/h2*(H4,2,3,4);1-6H. The zero-order valence-electron chi connectivity index (χ0n) is 7.22. The maximum atomic E-state index is 9.00. The number of carbonyl (C=O) groups excluding carboxylic acids is 2. The first-order valence-corrected chi connectivity index (χ1v) is 8.91. The Labute approximate surface area is 83.7 Å². The van der Waals surface area contributed by atoms with E-state index < -0.39 is 30.0 Å². The van der Waals surface area contributed by atoms with E-state index in [0.29, 0.717) is 0 Å². The van der Waals surface area contributed by atoms with Crippen LogP contribution in [0.3, 0.4) is 0 Å². The van der Waals surface area contributed by atoms with Crippen LogP contribution in [0.15, 0.2) is 0 Å². The van der Waals surface area contributed by atoms with Gasteiger partial charge in [0.1, 0.15) is 0 Å². The molecule has 0 aliphatic carbocycles. The van der Waals surface area contributed by atoms with E-state index in [0.717, 1.165) is 0 Å². The molecule has 0 spiro atoms. The van der Waals surface area contributed by atoms with E-state index >= 15 is 0 Å². The SMILES string of the molecule is NC(N)=O.NC(N)=O.O[Te](O)(O)(O)(O)O. The molecule has 12 nitrogen and oxygen atoms in total. The fourth-order valence-electron chi connectivity index (χ4n) is 0. The van der Waals surface area contributed by atoms with Gasteiger partial charge in [0.15, 0.2) is 0 Å². The quantitative estimate of drug-likeness (QED) is 0.188. The monoisotopic (exact) mass is 352 g/mol. The fraction of sp³-hybridized carbons (Fsp3) is 0. The third-order valence-electron chi connectivity index (χ3n) is 0. The Morgan fingerprint density at radius 1 is 0.667 bits per heavy atom. The molecule has 0 unspecified atom stereocenters. The van der Waals surface area contributed by atoms with Crippen molar-refractivity contribution >= 4 is 30.0 Å². The molecule has 0 radical (unpaired) electrons. The Morgan fingerprint density at radius 3 is 0.667 bits per heavy atom. The van der Waals surface area contributed by atoms with Gasteiger partial charge in [-0.05, 0) is 0 Å². The molecule has 0 heterocycles. The second-order valence-corrected chi connectivity index (χ2v) is 9.02. The number of hydrogen-bond donors (Lipinski definition) is 10. The Morgan fingerprint density at radius 2 is 0.667 bits per heavy atom. The fourth-order valence-corrected chi connectivity index (χ4v) is 0. The van der Waals surface area contributed by atoms with Crippen molar-refractivity contribution in [1.29, 1.82) is 0 Å². The molecule has 14 N–H and O–H groups in total. The van der Waals surface area contributed by atoms with Gasteiger partial charge in [-0.1, -0.05) is 0 Å². The zero-order valence-corrected chi connectivity index (χ0v) is 9.55. The summed E-state index contributed by atoms with van der Waals surface area (Å²) in [6.45, 7) is 0. The van der Waals surface area contributed by atoms with Crippen LogP contribution in [-0.2, 0) is 0 Å². The number of carbonyl (C=O) groups is 2. The Kier molecular flexibility index (Phi) is 6.20. The molecule has 0 aromatic heterocycles. The number of rotatable bonds is 0. The molecule has 0 fully saturated rings. The van der Waals surface area contributed by atoms with Crippen LogP contribution in [0.2, 0.25) is 0 Å². The summed E-state index contributed by atoms with van der Waals surface area (Å²) in [5.74, 6) is 0. The second-order valence-electron chi connectivity index (χ2n) is 2.03. The van der Waals surface area contributed by atoms with Gasteiger partial charge in [-0.3, -0.25) is 0 Å². The molecule has 15 heavy (non-hydrogen) atoms. The predicted molar refractivity (Wildman–Crippen MR) is 46.6 cm³/mol. The zero-order chi connectivity index (χ0) is 13.6. The van der Waals surface area contributed by atoms with Crippen molar-refractivity contribution in [2.75, 3.05) is 0 Å². The molecule has 0 rings (SSSR count). The van der Waals surface area contributed by atoms with E-state index in [1.165, 1.54) is 0 Å². The average Bonchev–Trinajstić information content (AvgIpc) is 1.44. The molecule has 0 saturated carbocycles. The van der Waals surface area contributed by atoms with E-state index in [-0.39, 0.29) is 0 Å². The summed E-state index contributed by atoms with van der Waals surface area (Å²) in [5, 5.41) is 0. The minimum atomic E-state index is -8.18. The van der Waals surface area contributed by atoms with Gasteiger partial charge < -0.3 is 22.9 Å². The molecular formula is C2H14N4O8Te. The summed E-state index contributed by atoms with van der Waals surface area (Å²) >= 11 is -8.18. The van der Waals surface area contributed by atoms with Gasteiger partial charge >= 0.3 is 50.8 Å². The first-order valence-electron chi connectivity index (χ1n) is 2.66. The normalized spacial score (nSPS) is 14.0. The molecule has 0 aliphatic heterocycles. The van der Waals surface area contributed by atoms with E-state index in [4.69, 9.17) is 30.4 Å². The topological polar surface area (TPSA) is 260 Å². The van der Waals surface area contributed by atoms with Crippen molar-refractivity contribution in [2.45, 2.75) is 0 Å². The molecule has 0 aromatic rings. The molecule has 0 atom stereocenters. The van der Waals surface area contributed by atoms with Gasteiger partial charge in [0, 0.05) is 0 Å². The van der Waals surface area contributed by atoms with Crippen LogP contribution in [-0.4, -0.2) is 50.8 Å². The Bertz CT molecular complexity index is 195. The van der Waals surface area contributed by atoms with E-state index in [1.807, 2.05) is 0 Å². The van der Waals surface area contributed by atoms with Crippen molar-refractivity contribution in [2.24, 2.45) is 22.9 Å². The number of primary amides is 4. The summed E-state index contributed by atoms with van der Waals surface area (Å²) in [6.07, 6.45) is 0. The summed E-state index contributed by atoms with van der Waals surface area (Å²) < 4.78 is 44.5. The van der Waals surface area contributed by atoms with E-state index in [9.17, 15) is 0 Å². The number of hydrogen-bond acceptors (Lipinski definition) is 8. The molecule has 13 heteroatoms. The van der Waals surface area contributed by atoms with Crippen LogP contribution in [0.25, 0.3) is 0 Å². The molecular weight excluding hydrogens is 336 g/mol. The molecule has 0 aromatic carbocycles. The van der Waals surface area contributed by atoms with Crippen molar-refractivity contribution in [1.82, 2.24) is 0 Å². The minimum absolute atomic E-state index is 0.833. The van der Waals surface area contributed by atoms with Crippen LogP contribution in [0.4, 0.5) is 9.59 Å². The summed E-state index contributed by atoms with van der Waals surface area (Å²) in [4.78, 5) is 18.0. The van der Waals surface area contributed by atoms with E-state index in [2.05, 4.69) is 22.9 Å². The molecule has 0 bridgehead atoms. The van der Waals surface area contributed by atoms with Gasteiger partial charge in [-0.2, -0.15) is 0 Å². The third-order valence-corrected chi connectivity index (χ3v) is 0. The van der Waals surface area contributed by atoms with Gasteiger partial charge in [-0.25, -0.2) is 9.59 Å². The van der Waals surface area contributed by atoms with Crippen molar-refractivity contribution < 1.29 is 30.4 Å². The van der Waals surface area contributed by atoms with Gasteiger partial charge in [-0.15, -0.1) is 0 Å². The van der Waals surface area contributed by atoms with Crippen LogP contribution >= 0.6 is 0 Å². The summed E-state index contributed by atoms with van der Waals surface area (Å²) in [6, 6.07) is -1.67. The Hall–Kier alpha value is -0.910. The molecule has 0 saturated heterocycles. The van der Waals surface area contributed by atoms with Crippen LogP contribution in [0, 0.1) is 0 Å². The van der Waals surface area contributed by atoms with Gasteiger partial charge in [0.2, 0.25) is 0 Å². The van der Waals surface area contributed by atoms with E-state index in [1.54, 1.807) is 0 Å². The summed E-state index contributed by atoms with van der Waals surface area (Å²) in [7, 11) is 0. The average molecular weight is 350 g/mol. The molecule has 96 valence electrons. The van der Waals surface area contributed by atoms with Crippen LogP contribution in [0.1, 0.15) is 0 Å². The van der Waals surface area contributed by atoms with Crippen molar-refractivity contribution in [3.63, 3.8) is 0 Å². The van der Waals surface area contributed by atoms with Gasteiger partial charge in [0.25, 0.3) is 0 Å². The van der Waals surface area contributed by atoms with Crippen molar-refractivity contribution in [3.05, 3.63) is 0 Å². The maximum absolute atomic E-state index is 9.00. The molecule has 4 amide bonds. The second kappa shape index (κ2) is 4.74. The number of urea groups is 2. The van der Waals surface area contributed by atoms with Crippen LogP contribution in [0.5, 0.6) is 0 Å². The van der Waals surface area contributed by atoms with Crippen LogP contribution < -0.4 is 22.9 Å². The molecule has 0 aliphatic rings. The predicted octanol–water partition coefficient (Wildman–Crippen LogP) is -5.68. The Balaban J connectivity index is -0.000000155. The number of nitrogens with two attached hydrogens (primary N) is 4. The first-order chi connectivity index (χ1) is 5.91. The first kappa shape index (κ1) is 19.6. The van der Waals surface area contributed by atoms with Crippen molar-refractivity contribution in [3.8, 4) is 0 Å². The van der Waals surface area contributed by atoms with Gasteiger partial charge in [0.05, 0.1) is 0 Å². The third kappa shape index (κ3) is 1940.